The van der Waals surface area contributed by atoms with Crippen LogP contribution in [0.25, 0.3) is 0 Å². The molecule has 0 aromatic heterocycles. The molecule has 0 bridgehead atoms. The molecule has 7 nitrogen and oxygen atoms in total. The van der Waals surface area contributed by atoms with Crippen LogP contribution < -0.4 is 18.9 Å². The van der Waals surface area contributed by atoms with Gasteiger partial charge in [0.25, 0.3) is 0 Å². The Balaban J connectivity index is 1.80. The van der Waals surface area contributed by atoms with Crippen molar-refractivity contribution in [3.05, 3.63) is 47.5 Å². The monoisotopic (exact) mass is 473 g/mol. The molecule has 0 spiro atoms. The van der Waals surface area contributed by atoms with Gasteiger partial charge in [0, 0.05) is 6.04 Å². The Labute approximate surface area is 203 Å². The molecule has 0 amide bonds. The van der Waals surface area contributed by atoms with E-state index in [0.717, 1.165) is 38.1 Å². The van der Waals surface area contributed by atoms with Crippen molar-refractivity contribution in [1.29, 1.82) is 0 Å². The smallest absolute Gasteiger partial charge is 0.338 e. The maximum atomic E-state index is 12.5. The Bertz CT molecular complexity index is 858. The summed E-state index contributed by atoms with van der Waals surface area (Å²) in [5.41, 5.74) is 1.67. The maximum absolute atomic E-state index is 12.5. The van der Waals surface area contributed by atoms with Gasteiger partial charge in [0.1, 0.15) is 5.75 Å². The molecule has 0 saturated heterocycles. The van der Waals surface area contributed by atoms with E-state index in [-0.39, 0.29) is 0 Å². The van der Waals surface area contributed by atoms with Gasteiger partial charge in [-0.3, -0.25) is 0 Å². The highest BCUT2D eigenvalue weighted by molar-refractivity contribution is 5.91. The lowest BCUT2D eigenvalue weighted by Crippen LogP contribution is -2.35. The van der Waals surface area contributed by atoms with E-state index in [1.807, 2.05) is 19.1 Å². The van der Waals surface area contributed by atoms with Crippen LogP contribution in [0.2, 0.25) is 0 Å². The van der Waals surface area contributed by atoms with Gasteiger partial charge in [0.15, 0.2) is 11.5 Å². The molecule has 1 unspecified atom stereocenters. The van der Waals surface area contributed by atoms with Crippen LogP contribution in [0.3, 0.4) is 0 Å². The fourth-order valence-electron chi connectivity index (χ4n) is 3.91. The number of unbranched alkanes of at least 4 members (excludes halogenated alkanes) is 1. The largest absolute Gasteiger partial charge is 0.494 e. The van der Waals surface area contributed by atoms with Crippen molar-refractivity contribution >= 4 is 5.97 Å². The van der Waals surface area contributed by atoms with E-state index in [0.29, 0.717) is 42.1 Å². The van der Waals surface area contributed by atoms with E-state index in [2.05, 4.69) is 30.9 Å². The van der Waals surface area contributed by atoms with Gasteiger partial charge in [0.05, 0.1) is 40.1 Å². The highest BCUT2D eigenvalue weighted by Crippen LogP contribution is 2.38. The van der Waals surface area contributed by atoms with Gasteiger partial charge in [-0.25, -0.2) is 4.79 Å². The Morgan fingerprint density at radius 3 is 2.12 bits per heavy atom. The van der Waals surface area contributed by atoms with Crippen LogP contribution in [0.15, 0.2) is 36.4 Å². The zero-order valence-electron chi connectivity index (χ0n) is 21.4. The molecule has 0 aliphatic rings. The fourth-order valence-corrected chi connectivity index (χ4v) is 3.91. The van der Waals surface area contributed by atoms with E-state index in [4.69, 9.17) is 23.7 Å². The van der Waals surface area contributed by atoms with Crippen LogP contribution in [0.1, 0.15) is 49.5 Å². The van der Waals surface area contributed by atoms with Gasteiger partial charge in [-0.1, -0.05) is 19.1 Å². The highest BCUT2D eigenvalue weighted by atomic mass is 16.5. The number of methoxy groups -OCH3 is 3. The molecule has 188 valence electrons. The number of ether oxygens (including phenoxy) is 5. The first-order valence-corrected chi connectivity index (χ1v) is 11.9. The van der Waals surface area contributed by atoms with Crippen molar-refractivity contribution in [1.82, 2.24) is 4.90 Å². The molecule has 2 aromatic carbocycles. The van der Waals surface area contributed by atoms with E-state index < -0.39 is 5.97 Å². The van der Waals surface area contributed by atoms with Gasteiger partial charge in [-0.15, -0.1) is 0 Å². The minimum atomic E-state index is -0.407. The van der Waals surface area contributed by atoms with Gasteiger partial charge >= 0.3 is 5.97 Å². The molecule has 0 fully saturated rings. The summed E-state index contributed by atoms with van der Waals surface area (Å²) >= 11 is 0. The number of carbonyl (C=O) groups is 1. The third kappa shape index (κ3) is 7.83. The summed E-state index contributed by atoms with van der Waals surface area (Å²) in [6.07, 6.45) is 2.72. The van der Waals surface area contributed by atoms with Crippen LogP contribution in [0, 0.1) is 0 Å². The molecule has 0 heterocycles. The Kier molecular flexibility index (Phi) is 11.5. The second-order valence-electron chi connectivity index (χ2n) is 8.02. The molecule has 0 saturated carbocycles. The number of rotatable bonds is 15. The summed E-state index contributed by atoms with van der Waals surface area (Å²) in [5.74, 6) is 1.80. The molecule has 2 aromatic rings. The van der Waals surface area contributed by atoms with E-state index in [1.165, 1.54) is 26.9 Å². The lowest BCUT2D eigenvalue weighted by atomic mass is 10.1. The highest BCUT2D eigenvalue weighted by Gasteiger charge is 2.18. The van der Waals surface area contributed by atoms with Gasteiger partial charge < -0.3 is 28.6 Å². The third-order valence-corrected chi connectivity index (χ3v) is 5.77. The van der Waals surface area contributed by atoms with Gasteiger partial charge in [0.2, 0.25) is 5.75 Å². The topological polar surface area (TPSA) is 66.5 Å². The molecule has 0 aliphatic heterocycles. The van der Waals surface area contributed by atoms with E-state index in [1.54, 1.807) is 12.1 Å². The van der Waals surface area contributed by atoms with Crippen molar-refractivity contribution < 1.29 is 28.5 Å². The van der Waals surface area contributed by atoms with E-state index >= 15 is 0 Å². The number of hydrogen-bond donors (Lipinski definition) is 0. The predicted octanol–water partition coefficient (Wildman–Crippen LogP) is 5.00. The number of benzene rings is 2. The number of esters is 1. The molecule has 2 rings (SSSR count). The molecule has 7 heteroatoms. The SMILES string of the molecule is CCOc1ccc(CC(C)N(CC)CCCCOC(=O)c2cc(OC)c(OC)c(OC)c2)cc1. The van der Waals surface area contributed by atoms with Crippen molar-refractivity contribution in [2.75, 3.05) is 47.6 Å². The number of hydrogen-bond acceptors (Lipinski definition) is 7. The van der Waals surface area contributed by atoms with Crippen molar-refractivity contribution in [3.8, 4) is 23.0 Å². The van der Waals surface area contributed by atoms with Crippen LogP contribution in [0.4, 0.5) is 0 Å². The molecular weight excluding hydrogens is 434 g/mol. The zero-order valence-corrected chi connectivity index (χ0v) is 21.4. The van der Waals surface area contributed by atoms with Crippen LogP contribution >= 0.6 is 0 Å². The quantitative estimate of drug-likeness (QED) is 0.266. The Morgan fingerprint density at radius 1 is 0.941 bits per heavy atom. The van der Waals surface area contributed by atoms with Crippen LogP contribution in [0.5, 0.6) is 23.0 Å². The molecule has 1 atom stereocenters. The van der Waals surface area contributed by atoms with Crippen molar-refractivity contribution in [3.63, 3.8) is 0 Å². The summed E-state index contributed by atoms with van der Waals surface area (Å²) in [6, 6.07) is 12.0. The van der Waals surface area contributed by atoms with Crippen LogP contribution in [-0.2, 0) is 11.2 Å². The second-order valence-corrected chi connectivity index (χ2v) is 8.02. The fraction of sp³-hybridized carbons (Fsp3) is 0.519. The number of carbonyl (C=O) groups excluding carboxylic acids is 1. The first kappa shape index (κ1) is 27.3. The predicted molar refractivity (Wildman–Crippen MR) is 134 cm³/mol. The third-order valence-electron chi connectivity index (χ3n) is 5.77. The van der Waals surface area contributed by atoms with Gasteiger partial charge in [-0.05, 0) is 76.0 Å². The molecular formula is C27H39NO6. The summed E-state index contributed by atoms with van der Waals surface area (Å²) in [4.78, 5) is 15.0. The molecule has 0 aliphatic carbocycles. The average Bonchev–Trinajstić information content (AvgIpc) is 2.86. The maximum Gasteiger partial charge on any atom is 0.338 e. The first-order valence-electron chi connectivity index (χ1n) is 11.9. The Hall–Kier alpha value is -2.93. The lowest BCUT2D eigenvalue weighted by molar-refractivity contribution is 0.0492. The molecule has 0 radical (unpaired) electrons. The normalized spacial score (nSPS) is 11.7. The lowest BCUT2D eigenvalue weighted by Gasteiger charge is -2.28. The minimum Gasteiger partial charge on any atom is -0.494 e. The van der Waals surface area contributed by atoms with Crippen LogP contribution in [-0.4, -0.2) is 64.5 Å². The van der Waals surface area contributed by atoms with Crippen molar-refractivity contribution in [2.45, 2.75) is 46.1 Å². The van der Waals surface area contributed by atoms with Gasteiger partial charge in [-0.2, -0.15) is 0 Å². The zero-order chi connectivity index (χ0) is 24.9. The standard InChI is InChI=1S/C27H39NO6/c1-7-28(20(3)17-21-11-13-23(14-12-21)33-8-2)15-9-10-16-34-27(29)22-18-24(30-4)26(32-6)25(19-22)31-5/h11-14,18-20H,7-10,15-17H2,1-6H3. The number of likely N-dealkylation sites (N-methyl/N-ethyl adjacent to an activating group) is 1. The van der Waals surface area contributed by atoms with E-state index in [9.17, 15) is 4.79 Å². The Morgan fingerprint density at radius 2 is 1.59 bits per heavy atom. The summed E-state index contributed by atoms with van der Waals surface area (Å²) < 4.78 is 26.9. The first-order chi connectivity index (χ1) is 16.5. The second kappa shape index (κ2) is 14.4. The summed E-state index contributed by atoms with van der Waals surface area (Å²) in [7, 11) is 4.56. The van der Waals surface area contributed by atoms with Crippen molar-refractivity contribution in [2.24, 2.45) is 0 Å². The molecule has 0 N–H and O–H groups in total. The average molecular weight is 474 g/mol. The molecule has 34 heavy (non-hydrogen) atoms. The summed E-state index contributed by atoms with van der Waals surface area (Å²) in [6.45, 7) is 9.39. The number of nitrogens with zero attached hydrogens (tertiary/aromatic N) is 1. The minimum absolute atomic E-state index is 0.361. The summed E-state index contributed by atoms with van der Waals surface area (Å²) in [5, 5.41) is 0.